The summed E-state index contributed by atoms with van der Waals surface area (Å²) in [5, 5.41) is 9.67. The van der Waals surface area contributed by atoms with Crippen molar-refractivity contribution in [3.8, 4) is 0 Å². The number of carboxylic acid groups (broad SMARTS) is 1. The van der Waals surface area contributed by atoms with E-state index in [1.807, 2.05) is 21.1 Å². The molecule has 0 rings (SSSR count). The van der Waals surface area contributed by atoms with Crippen molar-refractivity contribution in [1.82, 2.24) is 0 Å². The number of likely N-dealkylation sites (N-methyl/N-ethyl adjacent to an activating group) is 1. The highest BCUT2D eigenvalue weighted by molar-refractivity contribution is 5.72. The molecule has 0 radical (unpaired) electrons. The summed E-state index contributed by atoms with van der Waals surface area (Å²) in [6.45, 7) is 4.50. The molecule has 382 valence electrons. The Morgan fingerprint density at radius 2 is 0.791 bits per heavy atom. The van der Waals surface area contributed by atoms with Crippen LogP contribution in [0, 0.1) is 0 Å². The molecule has 0 bridgehead atoms. The zero-order valence-corrected chi connectivity index (χ0v) is 43.6. The molecule has 0 fully saturated rings. The van der Waals surface area contributed by atoms with E-state index >= 15 is 0 Å². The van der Waals surface area contributed by atoms with Gasteiger partial charge in [0.1, 0.15) is 6.61 Å². The Morgan fingerprint density at radius 3 is 1.16 bits per heavy atom. The number of carbonyl (C=O) groups is 3. The third-order valence-corrected chi connectivity index (χ3v) is 11.5. The molecule has 2 unspecified atom stereocenters. The molecule has 2 atom stereocenters. The van der Waals surface area contributed by atoms with Crippen molar-refractivity contribution in [1.29, 1.82) is 0 Å². The second kappa shape index (κ2) is 48.7. The summed E-state index contributed by atoms with van der Waals surface area (Å²) >= 11 is 0. The minimum Gasteiger partial charge on any atom is -0.477 e. The number of allylic oxidation sites excluding steroid dienone is 16. The van der Waals surface area contributed by atoms with E-state index in [2.05, 4.69) is 111 Å². The largest absolute Gasteiger partial charge is 0.477 e. The number of carboxylic acids is 1. The smallest absolute Gasteiger partial charge is 0.362 e. The Kier molecular flexibility index (Phi) is 46.0. The van der Waals surface area contributed by atoms with Crippen LogP contribution in [-0.4, -0.2) is 80.6 Å². The van der Waals surface area contributed by atoms with Gasteiger partial charge in [0, 0.05) is 19.3 Å². The van der Waals surface area contributed by atoms with Crippen molar-refractivity contribution >= 4 is 17.9 Å². The Labute approximate surface area is 411 Å². The number of nitrogens with zero attached hydrogens (tertiary/aromatic N) is 1. The van der Waals surface area contributed by atoms with E-state index in [1.165, 1.54) is 70.6 Å². The van der Waals surface area contributed by atoms with E-state index in [4.69, 9.17) is 14.2 Å². The van der Waals surface area contributed by atoms with Gasteiger partial charge < -0.3 is 23.8 Å². The molecular formula is C59H100NO7+. The summed E-state index contributed by atoms with van der Waals surface area (Å²) in [4.78, 5) is 37.2. The normalized spacial score (nSPS) is 13.6. The monoisotopic (exact) mass is 935 g/mol. The molecule has 8 heteroatoms. The molecule has 8 nitrogen and oxygen atoms in total. The lowest BCUT2D eigenvalue weighted by molar-refractivity contribution is -0.887. The lowest BCUT2D eigenvalue weighted by Crippen LogP contribution is -2.50. The number of quaternary nitrogens is 1. The standard InChI is InChI=1S/C59H99NO7/c1-6-8-10-12-14-16-18-20-22-24-26-28-30-32-34-36-38-40-42-44-46-48-50-58(62)67-55(53-65-52-51-56(59(63)64)60(3,4)5)54-66-57(61)49-47-45-43-41-39-37-35-33-31-29-27-25-23-21-19-17-15-13-11-9-7-2/h8-11,14-17,20-23,26,28,32,34,55-56H,6-7,12-13,18-19,24-25,27,29-31,33,35-54H2,1-5H3/p+1/b10-8+,11-9+,16-14+,17-15+,22-20+,23-21+,28-26+,34-32+. The highest BCUT2D eigenvalue weighted by atomic mass is 16.6. The van der Waals surface area contributed by atoms with E-state index in [0.29, 0.717) is 19.3 Å². The molecule has 0 spiro atoms. The Hall–Kier alpha value is -3.75. The second-order valence-corrected chi connectivity index (χ2v) is 18.7. The van der Waals surface area contributed by atoms with Crippen LogP contribution in [0.25, 0.3) is 0 Å². The molecule has 0 aromatic heterocycles. The maximum absolute atomic E-state index is 12.8. The summed E-state index contributed by atoms with van der Waals surface area (Å²) in [7, 11) is 5.53. The van der Waals surface area contributed by atoms with Gasteiger partial charge in [-0.2, -0.15) is 0 Å². The van der Waals surface area contributed by atoms with Gasteiger partial charge in [0.2, 0.25) is 0 Å². The molecule has 0 aromatic rings. The number of rotatable bonds is 47. The van der Waals surface area contributed by atoms with Gasteiger partial charge in [-0.1, -0.05) is 195 Å². The minimum absolute atomic E-state index is 0.0492. The maximum Gasteiger partial charge on any atom is 0.362 e. The SMILES string of the molecule is CC/C=C/C/C=C/C/C=C/C/C=C/C/C=C/CCCCCCCCC(=O)OC(COCCC(C(=O)O)[N+](C)(C)C)COC(=O)CCCCCCCCCCCCC/C=C/C/C=C/C/C=C/CC. The Balaban J connectivity index is 4.27. The average Bonchev–Trinajstić information content (AvgIpc) is 3.29. The van der Waals surface area contributed by atoms with Crippen LogP contribution < -0.4 is 0 Å². The third-order valence-electron chi connectivity index (χ3n) is 11.5. The van der Waals surface area contributed by atoms with Gasteiger partial charge in [0.15, 0.2) is 12.1 Å². The quantitative estimate of drug-likeness (QED) is 0.0281. The topological polar surface area (TPSA) is 99.1 Å². The lowest BCUT2D eigenvalue weighted by Gasteiger charge is -2.31. The zero-order chi connectivity index (χ0) is 49.2. The van der Waals surface area contributed by atoms with E-state index in [0.717, 1.165) is 103 Å². The molecule has 0 aliphatic rings. The summed E-state index contributed by atoms with van der Waals surface area (Å²) in [6.07, 6.45) is 66.0. The van der Waals surface area contributed by atoms with Crippen molar-refractivity contribution in [3.63, 3.8) is 0 Å². The molecule has 0 aliphatic carbocycles. The van der Waals surface area contributed by atoms with E-state index in [-0.39, 0.29) is 36.2 Å². The van der Waals surface area contributed by atoms with Gasteiger partial charge in [0.25, 0.3) is 0 Å². The van der Waals surface area contributed by atoms with E-state index < -0.39 is 18.1 Å². The van der Waals surface area contributed by atoms with Gasteiger partial charge in [-0.05, 0) is 89.9 Å². The molecule has 1 N–H and O–H groups in total. The van der Waals surface area contributed by atoms with Gasteiger partial charge in [-0.25, -0.2) is 4.79 Å². The molecular weight excluding hydrogens is 835 g/mol. The van der Waals surface area contributed by atoms with E-state index in [1.54, 1.807) is 0 Å². The third kappa shape index (κ3) is 47.1. The fraction of sp³-hybridized carbons (Fsp3) is 0.678. The van der Waals surface area contributed by atoms with Gasteiger partial charge in [0.05, 0.1) is 34.4 Å². The number of unbranched alkanes of at least 4 members (excludes halogenated alkanes) is 17. The van der Waals surface area contributed by atoms with Crippen molar-refractivity contribution < 1.29 is 38.2 Å². The van der Waals surface area contributed by atoms with Crippen LogP contribution in [0.15, 0.2) is 97.2 Å². The fourth-order valence-corrected chi connectivity index (χ4v) is 7.43. The summed E-state index contributed by atoms with van der Waals surface area (Å²) in [6, 6.07) is -0.624. The first-order valence-corrected chi connectivity index (χ1v) is 26.8. The zero-order valence-electron chi connectivity index (χ0n) is 43.6. The number of ether oxygens (including phenoxy) is 3. The number of hydrogen-bond donors (Lipinski definition) is 1. The van der Waals surface area contributed by atoms with Crippen molar-refractivity contribution in [2.24, 2.45) is 0 Å². The van der Waals surface area contributed by atoms with Crippen LogP contribution in [0.4, 0.5) is 0 Å². The fourth-order valence-electron chi connectivity index (χ4n) is 7.43. The van der Waals surface area contributed by atoms with Crippen LogP contribution in [0.5, 0.6) is 0 Å². The summed E-state index contributed by atoms with van der Waals surface area (Å²) in [5.74, 6) is -1.49. The first kappa shape index (κ1) is 63.2. The first-order valence-electron chi connectivity index (χ1n) is 26.8. The van der Waals surface area contributed by atoms with Crippen LogP contribution >= 0.6 is 0 Å². The Bertz CT molecular complexity index is 1410. The summed E-state index contributed by atoms with van der Waals surface area (Å²) < 4.78 is 17.4. The highest BCUT2D eigenvalue weighted by Gasteiger charge is 2.31. The predicted molar refractivity (Wildman–Crippen MR) is 284 cm³/mol. The Morgan fingerprint density at radius 1 is 0.448 bits per heavy atom. The number of carbonyl (C=O) groups excluding carboxylic acids is 2. The maximum atomic E-state index is 12.8. The number of aliphatic carboxylic acids is 1. The molecule has 67 heavy (non-hydrogen) atoms. The van der Waals surface area contributed by atoms with Crippen LogP contribution in [0.3, 0.4) is 0 Å². The summed E-state index contributed by atoms with van der Waals surface area (Å²) in [5.41, 5.74) is 0. The van der Waals surface area contributed by atoms with Gasteiger partial charge >= 0.3 is 17.9 Å². The molecule has 0 amide bonds. The van der Waals surface area contributed by atoms with Crippen LogP contribution in [0.1, 0.15) is 206 Å². The molecule has 0 aliphatic heterocycles. The highest BCUT2D eigenvalue weighted by Crippen LogP contribution is 2.15. The van der Waals surface area contributed by atoms with Gasteiger partial charge in [-0.3, -0.25) is 9.59 Å². The lowest BCUT2D eigenvalue weighted by atomic mass is 10.0. The number of hydrogen-bond acceptors (Lipinski definition) is 6. The van der Waals surface area contributed by atoms with Crippen molar-refractivity contribution in [2.45, 2.75) is 219 Å². The average molecular weight is 935 g/mol. The molecule has 0 heterocycles. The molecule has 0 saturated heterocycles. The molecule has 0 aromatic carbocycles. The van der Waals surface area contributed by atoms with Gasteiger partial charge in [-0.15, -0.1) is 0 Å². The van der Waals surface area contributed by atoms with Crippen molar-refractivity contribution in [3.05, 3.63) is 97.2 Å². The molecule has 0 saturated carbocycles. The van der Waals surface area contributed by atoms with Crippen LogP contribution in [-0.2, 0) is 28.6 Å². The van der Waals surface area contributed by atoms with E-state index in [9.17, 15) is 19.5 Å². The minimum atomic E-state index is -0.880. The first-order chi connectivity index (χ1) is 32.6. The van der Waals surface area contributed by atoms with Crippen molar-refractivity contribution in [2.75, 3.05) is 41.0 Å². The predicted octanol–water partition coefficient (Wildman–Crippen LogP) is 15.8. The van der Waals surface area contributed by atoms with Crippen LogP contribution in [0.2, 0.25) is 0 Å². The second-order valence-electron chi connectivity index (χ2n) is 18.7. The number of esters is 2.